The van der Waals surface area contributed by atoms with Gasteiger partial charge in [-0.2, -0.15) is 0 Å². The normalized spacial score (nSPS) is 12.1. The molecule has 0 aliphatic rings. The fourth-order valence-electron chi connectivity index (χ4n) is 3.49. The summed E-state index contributed by atoms with van der Waals surface area (Å²) in [6.45, 7) is 8.79. The average molecular weight is 511 g/mol. The van der Waals surface area contributed by atoms with E-state index in [1.54, 1.807) is 12.4 Å². The number of sulfone groups is 1. The predicted octanol–water partition coefficient (Wildman–Crippen LogP) is 3.06. The average Bonchev–Trinajstić information content (AvgIpc) is 2.83. The standard InChI is InChI=1S/C23H38N4O5SSi/c1-4-30-34(31-5-2,32-6-3)21-11-14-24-17-19-33(28,29)20-18-27(22-12-7-9-15-25-22)23-13-8-10-16-26-23/h7-10,12-13,15-16,24H,4-6,11,14,17-21H2,1-3H3. The third-order valence-electron chi connectivity index (χ3n) is 5.00. The van der Waals surface area contributed by atoms with Crippen LogP contribution in [-0.2, 0) is 23.1 Å². The molecule has 0 atom stereocenters. The van der Waals surface area contributed by atoms with Crippen molar-refractivity contribution in [3.8, 4) is 0 Å². The van der Waals surface area contributed by atoms with Gasteiger partial charge in [-0.25, -0.2) is 18.4 Å². The molecule has 0 fully saturated rings. The highest BCUT2D eigenvalue weighted by Gasteiger charge is 2.39. The molecular weight excluding hydrogens is 472 g/mol. The van der Waals surface area contributed by atoms with E-state index >= 15 is 0 Å². The number of nitrogens with zero attached hydrogens (tertiary/aromatic N) is 3. The lowest BCUT2D eigenvalue weighted by atomic mass is 10.3. The fourth-order valence-corrected chi connectivity index (χ4v) is 7.22. The molecule has 0 radical (unpaired) electrons. The number of anilines is 2. The molecule has 0 aliphatic heterocycles. The second-order valence-corrected chi connectivity index (χ2v) is 12.6. The molecule has 2 heterocycles. The van der Waals surface area contributed by atoms with Crippen LogP contribution >= 0.6 is 0 Å². The van der Waals surface area contributed by atoms with Crippen molar-refractivity contribution in [1.82, 2.24) is 15.3 Å². The second-order valence-electron chi connectivity index (χ2n) is 7.51. The third kappa shape index (κ3) is 9.77. The van der Waals surface area contributed by atoms with Gasteiger partial charge in [0.2, 0.25) is 0 Å². The molecule has 2 aromatic heterocycles. The molecule has 0 bridgehead atoms. The first kappa shape index (κ1) is 28.3. The zero-order valence-corrected chi connectivity index (χ0v) is 22.3. The largest absolute Gasteiger partial charge is 0.500 e. The van der Waals surface area contributed by atoms with Crippen molar-refractivity contribution in [2.75, 3.05) is 55.9 Å². The van der Waals surface area contributed by atoms with Gasteiger partial charge in [-0.05, 0) is 58.0 Å². The summed E-state index contributed by atoms with van der Waals surface area (Å²) in [5, 5.41) is 3.23. The zero-order valence-electron chi connectivity index (χ0n) is 20.5. The number of hydrogen-bond acceptors (Lipinski definition) is 9. The van der Waals surface area contributed by atoms with Crippen LogP contribution in [0.3, 0.4) is 0 Å². The van der Waals surface area contributed by atoms with Gasteiger partial charge in [0.15, 0.2) is 9.84 Å². The van der Waals surface area contributed by atoms with Crippen molar-refractivity contribution < 1.29 is 21.7 Å². The van der Waals surface area contributed by atoms with E-state index in [0.717, 1.165) is 6.42 Å². The van der Waals surface area contributed by atoms with E-state index in [2.05, 4.69) is 15.3 Å². The van der Waals surface area contributed by atoms with Gasteiger partial charge in [0.05, 0.1) is 11.5 Å². The van der Waals surface area contributed by atoms with Crippen LogP contribution < -0.4 is 10.2 Å². The zero-order chi connectivity index (χ0) is 24.7. The van der Waals surface area contributed by atoms with Crippen molar-refractivity contribution in [3.63, 3.8) is 0 Å². The van der Waals surface area contributed by atoms with Crippen molar-refractivity contribution >= 4 is 30.3 Å². The van der Waals surface area contributed by atoms with Crippen LogP contribution in [0.2, 0.25) is 6.04 Å². The lowest BCUT2D eigenvalue weighted by molar-refractivity contribution is 0.0708. The number of nitrogens with one attached hydrogen (secondary N) is 1. The first-order valence-corrected chi connectivity index (χ1v) is 15.6. The van der Waals surface area contributed by atoms with Gasteiger partial charge in [0.25, 0.3) is 0 Å². The summed E-state index contributed by atoms with van der Waals surface area (Å²) in [6.07, 6.45) is 4.16. The highest BCUT2D eigenvalue weighted by molar-refractivity contribution is 7.91. The fraction of sp³-hybridized carbons (Fsp3) is 0.565. The molecule has 0 aromatic carbocycles. The molecular formula is C23H38N4O5SSi. The van der Waals surface area contributed by atoms with Crippen molar-refractivity contribution in [2.24, 2.45) is 0 Å². The lowest BCUT2D eigenvalue weighted by Gasteiger charge is -2.28. The molecule has 190 valence electrons. The first-order chi connectivity index (χ1) is 16.5. The van der Waals surface area contributed by atoms with E-state index in [0.29, 0.717) is 50.6 Å². The smallest absolute Gasteiger partial charge is 0.374 e. The summed E-state index contributed by atoms with van der Waals surface area (Å²) in [5.41, 5.74) is 0. The topological polar surface area (TPSA) is 103 Å². The van der Waals surface area contributed by atoms with Gasteiger partial charge < -0.3 is 23.5 Å². The van der Waals surface area contributed by atoms with Gasteiger partial charge in [-0.15, -0.1) is 0 Å². The summed E-state index contributed by atoms with van der Waals surface area (Å²) in [6, 6.07) is 11.8. The molecule has 0 aliphatic carbocycles. The Morgan fingerprint density at radius 3 is 1.88 bits per heavy atom. The Morgan fingerprint density at radius 2 is 1.41 bits per heavy atom. The van der Waals surface area contributed by atoms with E-state index < -0.39 is 18.6 Å². The van der Waals surface area contributed by atoms with E-state index in [4.69, 9.17) is 13.3 Å². The van der Waals surface area contributed by atoms with Gasteiger partial charge >= 0.3 is 8.80 Å². The maximum atomic E-state index is 12.7. The molecule has 0 amide bonds. The van der Waals surface area contributed by atoms with Crippen LogP contribution in [0.1, 0.15) is 27.2 Å². The molecule has 0 unspecified atom stereocenters. The first-order valence-electron chi connectivity index (χ1n) is 11.9. The SMILES string of the molecule is CCO[Si](CCCNCCS(=O)(=O)CCN(c1ccccn1)c1ccccn1)(OCC)OCC. The minimum absolute atomic E-state index is 0.0108. The van der Waals surface area contributed by atoms with E-state index in [1.165, 1.54) is 0 Å². The van der Waals surface area contributed by atoms with Gasteiger partial charge in [-0.3, -0.25) is 0 Å². The Bertz CT molecular complexity index is 850. The van der Waals surface area contributed by atoms with Crippen molar-refractivity contribution in [3.05, 3.63) is 48.8 Å². The van der Waals surface area contributed by atoms with Gasteiger partial charge in [-0.1, -0.05) is 12.1 Å². The number of hydrogen-bond donors (Lipinski definition) is 1. The molecule has 9 nitrogen and oxygen atoms in total. The van der Waals surface area contributed by atoms with E-state index in [9.17, 15) is 8.42 Å². The molecule has 11 heteroatoms. The molecule has 0 saturated carbocycles. The molecule has 1 N–H and O–H groups in total. The summed E-state index contributed by atoms with van der Waals surface area (Å²) >= 11 is 0. The number of pyridine rings is 2. The number of aromatic nitrogens is 2. The molecule has 34 heavy (non-hydrogen) atoms. The molecule has 0 spiro atoms. The highest BCUT2D eigenvalue weighted by Crippen LogP contribution is 2.20. The maximum Gasteiger partial charge on any atom is 0.500 e. The van der Waals surface area contributed by atoms with Crippen molar-refractivity contribution in [1.29, 1.82) is 0 Å². The molecule has 2 rings (SSSR count). The lowest BCUT2D eigenvalue weighted by Crippen LogP contribution is -2.46. The Balaban J connectivity index is 1.81. The van der Waals surface area contributed by atoms with Crippen LogP contribution in [0.15, 0.2) is 48.8 Å². The minimum Gasteiger partial charge on any atom is -0.374 e. The van der Waals surface area contributed by atoms with Crippen LogP contribution in [0, 0.1) is 0 Å². The quantitative estimate of drug-likeness (QED) is 0.239. The summed E-state index contributed by atoms with van der Waals surface area (Å²) < 4.78 is 42.9. The Morgan fingerprint density at radius 1 is 0.853 bits per heavy atom. The van der Waals surface area contributed by atoms with E-state index in [-0.39, 0.29) is 18.1 Å². The third-order valence-corrected chi connectivity index (χ3v) is 9.78. The summed E-state index contributed by atoms with van der Waals surface area (Å²) in [4.78, 5) is 10.5. The van der Waals surface area contributed by atoms with Crippen LogP contribution in [0.4, 0.5) is 11.6 Å². The molecule has 2 aromatic rings. The highest BCUT2D eigenvalue weighted by atomic mass is 32.2. The summed E-state index contributed by atoms with van der Waals surface area (Å²) in [7, 11) is -5.92. The Labute approximate surface area is 205 Å². The predicted molar refractivity (Wildman–Crippen MR) is 137 cm³/mol. The van der Waals surface area contributed by atoms with Gasteiger partial charge in [0.1, 0.15) is 11.6 Å². The Kier molecular flexibility index (Phi) is 12.6. The van der Waals surface area contributed by atoms with Crippen LogP contribution in [-0.4, -0.2) is 78.2 Å². The van der Waals surface area contributed by atoms with E-state index in [1.807, 2.05) is 62.1 Å². The Hall–Kier alpha value is -1.89. The van der Waals surface area contributed by atoms with Gasteiger partial charge in [0, 0.05) is 51.3 Å². The monoisotopic (exact) mass is 510 g/mol. The minimum atomic E-state index is -3.26. The second kappa shape index (κ2) is 15.2. The van der Waals surface area contributed by atoms with Crippen LogP contribution in [0.5, 0.6) is 0 Å². The summed E-state index contributed by atoms with van der Waals surface area (Å²) in [5.74, 6) is 1.41. The van der Waals surface area contributed by atoms with Crippen molar-refractivity contribution in [2.45, 2.75) is 33.2 Å². The number of rotatable bonds is 18. The maximum absolute atomic E-state index is 12.7. The van der Waals surface area contributed by atoms with Crippen LogP contribution in [0.25, 0.3) is 0 Å². The molecule has 0 saturated heterocycles.